The fraction of sp³-hybridized carbons (Fsp3) is 0.190. The highest BCUT2D eigenvalue weighted by Gasteiger charge is 2.15. The van der Waals surface area contributed by atoms with Crippen LogP contribution in [-0.2, 0) is 0 Å². The first-order valence-corrected chi connectivity index (χ1v) is 9.73. The summed E-state index contributed by atoms with van der Waals surface area (Å²) in [4.78, 5) is 0.761. The molecule has 0 atom stereocenters. The largest absolute Gasteiger partial charge is 0.491 e. The number of dihydropyridines is 1. The summed E-state index contributed by atoms with van der Waals surface area (Å²) >= 11 is 1.30. The van der Waals surface area contributed by atoms with Crippen molar-refractivity contribution in [3.8, 4) is 5.75 Å². The van der Waals surface area contributed by atoms with Gasteiger partial charge in [0.1, 0.15) is 17.4 Å². The fourth-order valence-corrected chi connectivity index (χ4v) is 3.35. The van der Waals surface area contributed by atoms with Gasteiger partial charge in [-0.3, -0.25) is 5.41 Å². The van der Waals surface area contributed by atoms with Gasteiger partial charge in [0.15, 0.2) is 0 Å². The van der Waals surface area contributed by atoms with Crippen LogP contribution in [0.5, 0.6) is 5.75 Å². The van der Waals surface area contributed by atoms with Gasteiger partial charge in [0.25, 0.3) is 0 Å². The molecule has 5 nitrogen and oxygen atoms in total. The zero-order valence-electron chi connectivity index (χ0n) is 15.8. The van der Waals surface area contributed by atoms with Crippen LogP contribution in [0.2, 0.25) is 0 Å². The molecule has 0 amide bonds. The number of hydrogen-bond donors (Lipinski definition) is 4. The third-order valence-electron chi connectivity index (χ3n) is 3.94. The first-order valence-electron chi connectivity index (χ1n) is 8.92. The summed E-state index contributed by atoms with van der Waals surface area (Å²) in [5.74, 6) is 1.14. The molecule has 2 aromatic rings. The maximum Gasteiger partial charge on any atom is 0.124 e. The highest BCUT2D eigenvalue weighted by atomic mass is 32.2. The van der Waals surface area contributed by atoms with E-state index in [1.165, 1.54) is 24.1 Å². The SMILES string of the molecule is CC(C)Oc1ccc(N)c(C(=N)C2=CCNC(NSc3cccc(F)c3)=C2)c1. The van der Waals surface area contributed by atoms with E-state index in [1.54, 1.807) is 24.3 Å². The minimum atomic E-state index is -0.279. The smallest absolute Gasteiger partial charge is 0.124 e. The van der Waals surface area contributed by atoms with Crippen molar-refractivity contribution in [3.63, 3.8) is 0 Å². The summed E-state index contributed by atoms with van der Waals surface area (Å²) in [5.41, 5.74) is 8.31. The summed E-state index contributed by atoms with van der Waals surface area (Å²) in [6.45, 7) is 4.48. The lowest BCUT2D eigenvalue weighted by Crippen LogP contribution is -2.26. The van der Waals surface area contributed by atoms with Crippen LogP contribution in [-0.4, -0.2) is 18.4 Å². The first-order chi connectivity index (χ1) is 13.4. The van der Waals surface area contributed by atoms with Gasteiger partial charge >= 0.3 is 0 Å². The number of hydrogen-bond acceptors (Lipinski definition) is 6. The van der Waals surface area contributed by atoms with Crippen LogP contribution in [0.4, 0.5) is 10.1 Å². The van der Waals surface area contributed by atoms with Crippen LogP contribution in [0.15, 0.2) is 70.9 Å². The minimum absolute atomic E-state index is 0.0410. The van der Waals surface area contributed by atoms with Gasteiger partial charge in [0, 0.05) is 28.3 Å². The predicted octanol–water partition coefficient (Wildman–Crippen LogP) is 4.23. The molecule has 2 aromatic carbocycles. The van der Waals surface area contributed by atoms with Gasteiger partial charge in [-0.15, -0.1) is 0 Å². The lowest BCUT2D eigenvalue weighted by Gasteiger charge is -2.19. The van der Waals surface area contributed by atoms with E-state index in [1.807, 2.05) is 32.1 Å². The predicted molar refractivity (Wildman–Crippen MR) is 113 cm³/mol. The second-order valence-corrected chi connectivity index (χ2v) is 7.43. The van der Waals surface area contributed by atoms with E-state index >= 15 is 0 Å². The molecule has 0 bridgehead atoms. The molecule has 0 saturated carbocycles. The van der Waals surface area contributed by atoms with Crippen LogP contribution in [0.3, 0.4) is 0 Å². The molecule has 1 heterocycles. The van der Waals surface area contributed by atoms with Crippen molar-refractivity contribution < 1.29 is 9.13 Å². The number of benzene rings is 2. The van der Waals surface area contributed by atoms with Crippen LogP contribution in [0, 0.1) is 11.2 Å². The molecule has 28 heavy (non-hydrogen) atoms. The number of nitrogens with two attached hydrogens (primary N) is 1. The third-order valence-corrected chi connectivity index (χ3v) is 4.76. The molecule has 0 aliphatic carbocycles. The highest BCUT2D eigenvalue weighted by Crippen LogP contribution is 2.25. The van der Waals surface area contributed by atoms with Crippen LogP contribution in [0.1, 0.15) is 19.4 Å². The van der Waals surface area contributed by atoms with Crippen LogP contribution >= 0.6 is 11.9 Å². The number of nitrogen functional groups attached to an aromatic ring is 1. The Morgan fingerprint density at radius 1 is 1.29 bits per heavy atom. The lowest BCUT2D eigenvalue weighted by atomic mass is 9.99. The lowest BCUT2D eigenvalue weighted by molar-refractivity contribution is 0.242. The summed E-state index contributed by atoms with van der Waals surface area (Å²) < 4.78 is 22.2. The maximum absolute atomic E-state index is 13.3. The van der Waals surface area contributed by atoms with E-state index in [-0.39, 0.29) is 11.9 Å². The van der Waals surface area contributed by atoms with Crippen molar-refractivity contribution in [2.24, 2.45) is 0 Å². The van der Waals surface area contributed by atoms with E-state index in [0.29, 0.717) is 29.3 Å². The number of rotatable bonds is 7. The zero-order chi connectivity index (χ0) is 20.1. The van der Waals surface area contributed by atoms with Crippen molar-refractivity contribution in [1.29, 1.82) is 5.41 Å². The molecule has 0 fully saturated rings. The molecule has 0 aromatic heterocycles. The molecular weight excluding hydrogens is 375 g/mol. The van der Waals surface area contributed by atoms with Gasteiger partial charge in [-0.05, 0) is 68.3 Å². The summed E-state index contributed by atoms with van der Waals surface area (Å²) in [7, 11) is 0. The Kier molecular flexibility index (Phi) is 6.26. The Bertz CT molecular complexity index is 940. The summed E-state index contributed by atoms with van der Waals surface area (Å²) in [5, 5.41) is 11.8. The minimum Gasteiger partial charge on any atom is -0.491 e. The normalized spacial score (nSPS) is 13.4. The van der Waals surface area contributed by atoms with E-state index in [4.69, 9.17) is 15.9 Å². The average molecular weight is 399 g/mol. The molecule has 3 rings (SSSR count). The first kappa shape index (κ1) is 19.8. The van der Waals surface area contributed by atoms with E-state index in [0.717, 1.165) is 16.3 Å². The molecule has 1 aliphatic heterocycles. The van der Waals surface area contributed by atoms with E-state index in [9.17, 15) is 4.39 Å². The summed E-state index contributed by atoms with van der Waals surface area (Å²) in [6, 6.07) is 11.7. The Balaban J connectivity index is 1.74. The van der Waals surface area contributed by atoms with Gasteiger partial charge in [-0.2, -0.15) is 0 Å². The van der Waals surface area contributed by atoms with E-state index in [2.05, 4.69) is 10.0 Å². The molecule has 0 unspecified atom stereocenters. The molecule has 0 radical (unpaired) electrons. The van der Waals surface area contributed by atoms with E-state index < -0.39 is 0 Å². The van der Waals surface area contributed by atoms with Gasteiger partial charge in [0.2, 0.25) is 0 Å². The van der Waals surface area contributed by atoms with Gasteiger partial charge < -0.3 is 20.5 Å². The Hall–Kier alpha value is -2.93. The van der Waals surface area contributed by atoms with Gasteiger partial charge in [0.05, 0.1) is 11.8 Å². The molecule has 0 spiro atoms. The topological polar surface area (TPSA) is 83.2 Å². The molecule has 5 N–H and O–H groups in total. The Labute approximate surface area is 168 Å². The number of ether oxygens (including phenoxy) is 1. The fourth-order valence-electron chi connectivity index (χ4n) is 2.67. The second kappa shape index (κ2) is 8.84. The standard InChI is InChI=1S/C21H23FN4OS/c1-13(2)27-16-6-7-19(23)18(12-16)21(24)14-8-9-25-20(10-14)26-28-17-5-3-4-15(22)11-17/h3-8,10-13,24-26H,9,23H2,1-2H3. The number of halogens is 1. The van der Waals surface area contributed by atoms with Crippen molar-refractivity contribution >= 4 is 23.3 Å². The number of allylic oxidation sites excluding steroid dienone is 2. The Morgan fingerprint density at radius 3 is 2.86 bits per heavy atom. The van der Waals surface area contributed by atoms with Gasteiger partial charge in [-0.1, -0.05) is 12.1 Å². The maximum atomic E-state index is 13.3. The van der Waals surface area contributed by atoms with Crippen molar-refractivity contribution in [1.82, 2.24) is 10.0 Å². The van der Waals surface area contributed by atoms with Gasteiger partial charge in [-0.25, -0.2) is 4.39 Å². The molecule has 0 saturated heterocycles. The van der Waals surface area contributed by atoms with Crippen LogP contribution in [0.25, 0.3) is 0 Å². The zero-order valence-corrected chi connectivity index (χ0v) is 16.6. The van der Waals surface area contributed by atoms with Crippen LogP contribution < -0.4 is 20.5 Å². The molecule has 1 aliphatic rings. The number of anilines is 1. The Morgan fingerprint density at radius 2 is 2.11 bits per heavy atom. The number of nitrogens with one attached hydrogen (secondary N) is 3. The monoisotopic (exact) mass is 398 g/mol. The second-order valence-electron chi connectivity index (χ2n) is 6.55. The van der Waals surface area contributed by atoms with Crippen molar-refractivity contribution in [3.05, 3.63) is 77.4 Å². The third kappa shape index (κ3) is 5.07. The quantitative estimate of drug-likeness (QED) is 0.319. The van der Waals surface area contributed by atoms with Crippen molar-refractivity contribution in [2.45, 2.75) is 24.8 Å². The molecular formula is C21H23FN4OS. The molecule has 146 valence electrons. The molecule has 7 heteroatoms. The van der Waals surface area contributed by atoms with Crippen molar-refractivity contribution in [2.75, 3.05) is 12.3 Å². The highest BCUT2D eigenvalue weighted by molar-refractivity contribution is 7.97. The summed E-state index contributed by atoms with van der Waals surface area (Å²) in [6.07, 6.45) is 3.81. The average Bonchev–Trinajstić information content (AvgIpc) is 2.67.